The molecule has 2 aromatic carbocycles. The summed E-state index contributed by atoms with van der Waals surface area (Å²) < 4.78 is 5.30. The molecule has 0 radical (unpaired) electrons. The highest BCUT2D eigenvalue weighted by atomic mass is 35.5. The fourth-order valence-electron chi connectivity index (χ4n) is 2.58. The number of aryl methyl sites for hydroxylation is 1. The van der Waals surface area contributed by atoms with Gasteiger partial charge in [-0.2, -0.15) is 0 Å². The molecule has 0 saturated carbocycles. The summed E-state index contributed by atoms with van der Waals surface area (Å²) in [5.41, 5.74) is 2.49. The first-order chi connectivity index (χ1) is 12.4. The van der Waals surface area contributed by atoms with Crippen LogP contribution in [0.25, 0.3) is 0 Å². The zero-order valence-electron chi connectivity index (χ0n) is 15.2. The van der Waals surface area contributed by atoms with Gasteiger partial charge in [0.1, 0.15) is 5.75 Å². The molecule has 0 aliphatic carbocycles. The van der Waals surface area contributed by atoms with Gasteiger partial charge in [-0.15, -0.1) is 0 Å². The minimum Gasteiger partial charge on any atom is -0.495 e. The van der Waals surface area contributed by atoms with E-state index < -0.39 is 0 Å². The van der Waals surface area contributed by atoms with Crippen LogP contribution in [0.4, 0.5) is 11.4 Å². The Balaban J connectivity index is 2.05. The Hall–Kier alpha value is -2.53. The maximum atomic E-state index is 12.2. The second kappa shape index (κ2) is 9.25. The molecule has 2 amide bonds. The lowest BCUT2D eigenvalue weighted by molar-refractivity contribution is -0.117. The van der Waals surface area contributed by atoms with E-state index in [1.807, 2.05) is 24.3 Å². The summed E-state index contributed by atoms with van der Waals surface area (Å²) >= 11 is 6.04. The lowest BCUT2D eigenvalue weighted by Crippen LogP contribution is -2.32. The molecule has 2 aromatic rings. The van der Waals surface area contributed by atoms with Crippen LogP contribution in [-0.2, 0) is 16.0 Å². The number of nitrogens with one attached hydrogen (secondary N) is 1. The van der Waals surface area contributed by atoms with Gasteiger partial charge in [-0.3, -0.25) is 9.59 Å². The molecule has 2 rings (SSSR count). The van der Waals surface area contributed by atoms with Crippen LogP contribution in [0.5, 0.6) is 5.75 Å². The van der Waals surface area contributed by atoms with E-state index in [4.69, 9.17) is 16.3 Å². The Kier molecular flexibility index (Phi) is 7.04. The third-order valence-corrected chi connectivity index (χ3v) is 4.26. The number of hydrogen-bond donors (Lipinski definition) is 1. The molecule has 0 atom stereocenters. The van der Waals surface area contributed by atoms with Gasteiger partial charge in [0, 0.05) is 30.6 Å². The number of nitrogens with zero attached hydrogens (tertiary/aromatic N) is 1. The Morgan fingerprint density at radius 2 is 1.85 bits per heavy atom. The molecular weight excluding hydrogens is 352 g/mol. The molecule has 0 spiro atoms. The summed E-state index contributed by atoms with van der Waals surface area (Å²) in [7, 11) is 1.53. The Morgan fingerprint density at radius 1 is 1.15 bits per heavy atom. The van der Waals surface area contributed by atoms with E-state index in [0.717, 1.165) is 12.1 Å². The zero-order chi connectivity index (χ0) is 19.1. The fourth-order valence-corrected chi connectivity index (χ4v) is 2.75. The van der Waals surface area contributed by atoms with E-state index >= 15 is 0 Å². The van der Waals surface area contributed by atoms with E-state index in [1.54, 1.807) is 18.2 Å². The van der Waals surface area contributed by atoms with Gasteiger partial charge in [0.25, 0.3) is 0 Å². The number of anilines is 2. The largest absolute Gasteiger partial charge is 0.495 e. The highest BCUT2D eigenvalue weighted by Gasteiger charge is 2.18. The summed E-state index contributed by atoms with van der Waals surface area (Å²) in [5, 5.41) is 3.34. The van der Waals surface area contributed by atoms with Crippen molar-refractivity contribution in [1.82, 2.24) is 0 Å². The van der Waals surface area contributed by atoms with Crippen LogP contribution in [0.2, 0.25) is 5.02 Å². The quantitative estimate of drug-likeness (QED) is 0.786. The molecule has 0 aliphatic rings. The lowest BCUT2D eigenvalue weighted by Gasteiger charge is -2.23. The van der Waals surface area contributed by atoms with Gasteiger partial charge < -0.3 is 15.0 Å². The molecule has 0 bridgehead atoms. The van der Waals surface area contributed by atoms with Crippen molar-refractivity contribution < 1.29 is 14.3 Å². The number of ether oxygens (including phenoxy) is 1. The topological polar surface area (TPSA) is 58.6 Å². The van der Waals surface area contributed by atoms with E-state index in [9.17, 15) is 9.59 Å². The standard InChI is InChI=1S/C20H23ClN2O3/c1-4-15-5-8-17(9-6-15)22-20(25)11-12-23(14(2)24)18-13-16(21)7-10-19(18)26-3/h5-10,13H,4,11-12H2,1-3H3,(H,22,25). The minimum absolute atomic E-state index is 0.158. The fraction of sp³-hybridized carbons (Fsp3) is 0.300. The molecular formula is C20H23ClN2O3. The Morgan fingerprint density at radius 3 is 2.42 bits per heavy atom. The molecule has 0 saturated heterocycles. The molecule has 0 aromatic heterocycles. The van der Waals surface area contributed by atoms with Crippen molar-refractivity contribution in [1.29, 1.82) is 0 Å². The van der Waals surface area contributed by atoms with Crippen LogP contribution >= 0.6 is 11.6 Å². The molecule has 138 valence electrons. The van der Waals surface area contributed by atoms with E-state index in [2.05, 4.69) is 12.2 Å². The number of carbonyl (C=O) groups excluding carboxylic acids is 2. The second-order valence-electron chi connectivity index (χ2n) is 5.84. The van der Waals surface area contributed by atoms with Crippen LogP contribution in [0, 0.1) is 0 Å². The first-order valence-corrected chi connectivity index (χ1v) is 8.82. The molecule has 1 N–H and O–H groups in total. The van der Waals surface area contributed by atoms with Gasteiger partial charge in [0.15, 0.2) is 0 Å². The van der Waals surface area contributed by atoms with Gasteiger partial charge >= 0.3 is 0 Å². The van der Waals surface area contributed by atoms with Crippen LogP contribution in [0.1, 0.15) is 25.8 Å². The van der Waals surface area contributed by atoms with Crippen molar-refractivity contribution in [2.75, 3.05) is 23.9 Å². The maximum Gasteiger partial charge on any atom is 0.226 e. The van der Waals surface area contributed by atoms with Crippen molar-refractivity contribution >= 4 is 34.8 Å². The summed E-state index contributed by atoms with van der Waals surface area (Å²) in [6.07, 6.45) is 1.11. The Bertz CT molecular complexity index is 775. The first-order valence-electron chi connectivity index (χ1n) is 8.45. The summed E-state index contributed by atoms with van der Waals surface area (Å²) in [6, 6.07) is 12.8. The van der Waals surface area contributed by atoms with Gasteiger partial charge in [0.05, 0.1) is 12.8 Å². The number of hydrogen-bond acceptors (Lipinski definition) is 3. The number of halogens is 1. The lowest BCUT2D eigenvalue weighted by atomic mass is 10.1. The number of rotatable bonds is 7. The third-order valence-electron chi connectivity index (χ3n) is 4.02. The van der Waals surface area contributed by atoms with Gasteiger partial charge in [-0.05, 0) is 42.3 Å². The number of benzene rings is 2. The molecule has 0 aliphatic heterocycles. The average molecular weight is 375 g/mol. The molecule has 0 unspecified atom stereocenters. The number of methoxy groups -OCH3 is 1. The first kappa shape index (κ1) is 19.8. The van der Waals surface area contributed by atoms with Gasteiger partial charge in [-0.1, -0.05) is 30.7 Å². The van der Waals surface area contributed by atoms with Crippen LogP contribution in [0.15, 0.2) is 42.5 Å². The summed E-state index contributed by atoms with van der Waals surface area (Å²) in [6.45, 7) is 3.75. The number of amides is 2. The SMILES string of the molecule is CCc1ccc(NC(=O)CCN(C(C)=O)c2cc(Cl)ccc2OC)cc1. The highest BCUT2D eigenvalue weighted by Crippen LogP contribution is 2.31. The van der Waals surface area contributed by atoms with Crippen LogP contribution < -0.4 is 15.0 Å². The normalized spacial score (nSPS) is 10.3. The smallest absolute Gasteiger partial charge is 0.226 e. The Labute approximate surface area is 158 Å². The van der Waals surface area contributed by atoms with Crippen molar-refractivity contribution in [3.05, 3.63) is 53.1 Å². The molecule has 5 nitrogen and oxygen atoms in total. The second-order valence-corrected chi connectivity index (χ2v) is 6.27. The zero-order valence-corrected chi connectivity index (χ0v) is 16.0. The number of carbonyl (C=O) groups is 2. The predicted octanol–water partition coefficient (Wildman–Crippen LogP) is 4.29. The predicted molar refractivity (Wildman–Crippen MR) is 105 cm³/mol. The van der Waals surface area contributed by atoms with Crippen LogP contribution in [0.3, 0.4) is 0 Å². The summed E-state index contributed by atoms with van der Waals surface area (Å²) in [5.74, 6) is 0.173. The maximum absolute atomic E-state index is 12.2. The van der Waals surface area contributed by atoms with E-state index in [0.29, 0.717) is 16.5 Å². The van der Waals surface area contributed by atoms with E-state index in [-0.39, 0.29) is 24.8 Å². The minimum atomic E-state index is -0.189. The van der Waals surface area contributed by atoms with Gasteiger partial charge in [-0.25, -0.2) is 0 Å². The third kappa shape index (κ3) is 5.23. The van der Waals surface area contributed by atoms with Gasteiger partial charge in [0.2, 0.25) is 11.8 Å². The molecule has 26 heavy (non-hydrogen) atoms. The van der Waals surface area contributed by atoms with E-state index in [1.165, 1.54) is 24.5 Å². The van der Waals surface area contributed by atoms with Crippen molar-refractivity contribution in [3.63, 3.8) is 0 Å². The molecule has 6 heteroatoms. The monoisotopic (exact) mass is 374 g/mol. The molecule has 0 heterocycles. The van der Waals surface area contributed by atoms with Crippen LogP contribution in [-0.4, -0.2) is 25.5 Å². The summed E-state index contributed by atoms with van der Waals surface area (Å²) in [4.78, 5) is 25.8. The van der Waals surface area contributed by atoms with Crippen molar-refractivity contribution in [3.8, 4) is 5.75 Å². The molecule has 0 fully saturated rings. The highest BCUT2D eigenvalue weighted by molar-refractivity contribution is 6.31. The van der Waals surface area contributed by atoms with Crippen molar-refractivity contribution in [2.45, 2.75) is 26.7 Å². The average Bonchev–Trinajstić information content (AvgIpc) is 2.62. The van der Waals surface area contributed by atoms with Crippen molar-refractivity contribution in [2.24, 2.45) is 0 Å².